The first-order chi connectivity index (χ1) is 6.86. The molecule has 3 heteroatoms. The van der Waals surface area contributed by atoms with Gasteiger partial charge in [0.1, 0.15) is 0 Å². The Morgan fingerprint density at radius 3 is 2.93 bits per heavy atom. The van der Waals surface area contributed by atoms with Gasteiger partial charge in [-0.1, -0.05) is 6.07 Å². The summed E-state index contributed by atoms with van der Waals surface area (Å²) in [5.41, 5.74) is 1.83. The van der Waals surface area contributed by atoms with Gasteiger partial charge in [-0.25, -0.2) is 0 Å². The van der Waals surface area contributed by atoms with Crippen LogP contribution in [0.2, 0.25) is 0 Å². The molecule has 0 aliphatic heterocycles. The SMILES string of the molecule is COc1ccc(CCO)c2ccoc12. The number of hydrogen-bond donors (Lipinski definition) is 1. The molecule has 1 aromatic heterocycles. The number of fused-ring (bicyclic) bond motifs is 1. The summed E-state index contributed by atoms with van der Waals surface area (Å²) in [6.45, 7) is 0.145. The van der Waals surface area contributed by atoms with E-state index in [0.29, 0.717) is 6.42 Å². The zero-order valence-corrected chi connectivity index (χ0v) is 7.99. The molecule has 0 atom stereocenters. The number of benzene rings is 1. The first-order valence-corrected chi connectivity index (χ1v) is 4.50. The first-order valence-electron chi connectivity index (χ1n) is 4.50. The maximum atomic E-state index is 8.88. The molecular weight excluding hydrogens is 180 g/mol. The Kier molecular flexibility index (Phi) is 2.41. The van der Waals surface area contributed by atoms with Crippen molar-refractivity contribution in [2.45, 2.75) is 6.42 Å². The van der Waals surface area contributed by atoms with Gasteiger partial charge in [0, 0.05) is 12.0 Å². The molecule has 1 N–H and O–H groups in total. The molecule has 1 aromatic carbocycles. The second-order valence-corrected chi connectivity index (χ2v) is 3.06. The Morgan fingerprint density at radius 1 is 1.36 bits per heavy atom. The van der Waals surface area contributed by atoms with Crippen molar-refractivity contribution < 1.29 is 14.3 Å². The van der Waals surface area contributed by atoms with Gasteiger partial charge in [0.15, 0.2) is 11.3 Å². The lowest BCUT2D eigenvalue weighted by Crippen LogP contribution is -1.92. The number of furan rings is 1. The Morgan fingerprint density at radius 2 is 2.21 bits per heavy atom. The molecule has 74 valence electrons. The van der Waals surface area contributed by atoms with Gasteiger partial charge in [-0.2, -0.15) is 0 Å². The number of aliphatic hydroxyl groups is 1. The summed E-state index contributed by atoms with van der Waals surface area (Å²) < 4.78 is 10.5. The van der Waals surface area contributed by atoms with Crippen molar-refractivity contribution in [1.82, 2.24) is 0 Å². The molecule has 0 aliphatic rings. The van der Waals surface area contributed by atoms with Crippen LogP contribution < -0.4 is 4.74 Å². The molecule has 0 saturated heterocycles. The molecule has 2 rings (SSSR count). The average Bonchev–Trinajstić information content (AvgIpc) is 2.67. The van der Waals surface area contributed by atoms with E-state index >= 15 is 0 Å². The van der Waals surface area contributed by atoms with E-state index < -0.39 is 0 Å². The van der Waals surface area contributed by atoms with Gasteiger partial charge in [0.25, 0.3) is 0 Å². The van der Waals surface area contributed by atoms with Crippen molar-refractivity contribution in [3.05, 3.63) is 30.0 Å². The highest BCUT2D eigenvalue weighted by molar-refractivity contribution is 5.86. The number of hydrogen-bond acceptors (Lipinski definition) is 3. The Balaban J connectivity index is 2.59. The van der Waals surface area contributed by atoms with Crippen LogP contribution in [0.1, 0.15) is 5.56 Å². The lowest BCUT2D eigenvalue weighted by Gasteiger charge is -2.04. The van der Waals surface area contributed by atoms with E-state index in [9.17, 15) is 0 Å². The van der Waals surface area contributed by atoms with Gasteiger partial charge in [-0.3, -0.25) is 0 Å². The monoisotopic (exact) mass is 192 g/mol. The molecule has 14 heavy (non-hydrogen) atoms. The van der Waals surface area contributed by atoms with E-state index in [0.717, 1.165) is 22.3 Å². The minimum atomic E-state index is 0.145. The second-order valence-electron chi connectivity index (χ2n) is 3.06. The van der Waals surface area contributed by atoms with Gasteiger partial charge in [0.2, 0.25) is 0 Å². The third-order valence-corrected chi connectivity index (χ3v) is 2.27. The Hall–Kier alpha value is -1.48. The summed E-state index contributed by atoms with van der Waals surface area (Å²) in [4.78, 5) is 0. The molecule has 0 amide bonds. The summed E-state index contributed by atoms with van der Waals surface area (Å²) in [6.07, 6.45) is 2.27. The smallest absolute Gasteiger partial charge is 0.175 e. The van der Waals surface area contributed by atoms with Gasteiger partial charge < -0.3 is 14.3 Å². The zero-order chi connectivity index (χ0) is 9.97. The summed E-state index contributed by atoms with van der Waals surface area (Å²) in [5, 5.41) is 9.89. The molecule has 2 aromatic rings. The van der Waals surface area contributed by atoms with Gasteiger partial charge in [-0.15, -0.1) is 0 Å². The number of methoxy groups -OCH3 is 1. The molecule has 0 saturated carbocycles. The van der Waals surface area contributed by atoms with Crippen LogP contribution in [0.3, 0.4) is 0 Å². The fraction of sp³-hybridized carbons (Fsp3) is 0.273. The normalized spacial score (nSPS) is 10.7. The van der Waals surface area contributed by atoms with Crippen LogP contribution in [0.15, 0.2) is 28.9 Å². The number of aliphatic hydroxyl groups excluding tert-OH is 1. The molecule has 3 nitrogen and oxygen atoms in total. The highest BCUT2D eigenvalue weighted by atomic mass is 16.5. The summed E-state index contributed by atoms with van der Waals surface area (Å²) in [7, 11) is 1.61. The maximum absolute atomic E-state index is 8.88. The Bertz CT molecular complexity index is 431. The lowest BCUT2D eigenvalue weighted by molar-refractivity contribution is 0.300. The van der Waals surface area contributed by atoms with E-state index in [-0.39, 0.29) is 6.61 Å². The second kappa shape index (κ2) is 3.72. The largest absolute Gasteiger partial charge is 0.493 e. The summed E-state index contributed by atoms with van der Waals surface area (Å²) in [6, 6.07) is 5.70. The number of ether oxygens (including phenoxy) is 1. The van der Waals surface area contributed by atoms with Crippen molar-refractivity contribution >= 4 is 11.0 Å². The molecule has 0 aliphatic carbocycles. The first kappa shape index (κ1) is 9.09. The van der Waals surface area contributed by atoms with Crippen LogP contribution in [-0.4, -0.2) is 18.8 Å². The van der Waals surface area contributed by atoms with Gasteiger partial charge >= 0.3 is 0 Å². The highest BCUT2D eigenvalue weighted by Crippen LogP contribution is 2.29. The molecule has 1 heterocycles. The fourth-order valence-corrected chi connectivity index (χ4v) is 1.59. The average molecular weight is 192 g/mol. The van der Waals surface area contributed by atoms with Gasteiger partial charge in [-0.05, 0) is 24.1 Å². The Labute approximate surface area is 81.9 Å². The van der Waals surface area contributed by atoms with Crippen molar-refractivity contribution in [2.75, 3.05) is 13.7 Å². The quantitative estimate of drug-likeness (QED) is 0.808. The van der Waals surface area contributed by atoms with Crippen LogP contribution in [0, 0.1) is 0 Å². The van der Waals surface area contributed by atoms with E-state index in [2.05, 4.69) is 0 Å². The van der Waals surface area contributed by atoms with Crippen LogP contribution in [0.25, 0.3) is 11.0 Å². The predicted molar refractivity (Wildman–Crippen MR) is 53.6 cm³/mol. The topological polar surface area (TPSA) is 42.6 Å². The summed E-state index contributed by atoms with van der Waals surface area (Å²) in [5.74, 6) is 0.728. The minimum absolute atomic E-state index is 0.145. The molecule has 0 unspecified atom stereocenters. The number of rotatable bonds is 3. The van der Waals surface area contributed by atoms with Crippen LogP contribution in [0.5, 0.6) is 5.75 Å². The zero-order valence-electron chi connectivity index (χ0n) is 7.99. The third-order valence-electron chi connectivity index (χ3n) is 2.27. The van der Waals surface area contributed by atoms with Crippen molar-refractivity contribution in [2.24, 2.45) is 0 Å². The lowest BCUT2D eigenvalue weighted by atomic mass is 10.1. The molecule has 0 radical (unpaired) electrons. The van der Waals surface area contributed by atoms with E-state index in [4.69, 9.17) is 14.3 Å². The molecule has 0 bridgehead atoms. The van der Waals surface area contributed by atoms with Gasteiger partial charge in [0.05, 0.1) is 13.4 Å². The third kappa shape index (κ3) is 1.36. The van der Waals surface area contributed by atoms with Crippen molar-refractivity contribution in [1.29, 1.82) is 0 Å². The minimum Gasteiger partial charge on any atom is -0.493 e. The molecule has 0 spiro atoms. The van der Waals surface area contributed by atoms with E-state index in [1.807, 2.05) is 18.2 Å². The highest BCUT2D eigenvalue weighted by Gasteiger charge is 2.08. The van der Waals surface area contributed by atoms with Crippen LogP contribution in [-0.2, 0) is 6.42 Å². The van der Waals surface area contributed by atoms with Crippen LogP contribution >= 0.6 is 0 Å². The fourth-order valence-electron chi connectivity index (χ4n) is 1.59. The van der Waals surface area contributed by atoms with Crippen molar-refractivity contribution in [3.63, 3.8) is 0 Å². The predicted octanol–water partition coefficient (Wildman–Crippen LogP) is 1.98. The van der Waals surface area contributed by atoms with E-state index in [1.165, 1.54) is 0 Å². The summed E-state index contributed by atoms with van der Waals surface area (Å²) >= 11 is 0. The van der Waals surface area contributed by atoms with E-state index in [1.54, 1.807) is 13.4 Å². The standard InChI is InChI=1S/C11H12O3/c1-13-10-3-2-8(4-6-12)9-5-7-14-11(9)10/h2-3,5,7,12H,4,6H2,1H3. The van der Waals surface area contributed by atoms with Crippen molar-refractivity contribution in [3.8, 4) is 5.75 Å². The molecular formula is C11H12O3. The van der Waals surface area contributed by atoms with Crippen LogP contribution in [0.4, 0.5) is 0 Å². The molecule has 0 fully saturated rings. The maximum Gasteiger partial charge on any atom is 0.175 e.